The van der Waals surface area contributed by atoms with Crippen LogP contribution in [-0.4, -0.2) is 49.6 Å². The largest absolute Gasteiger partial charge is 0.354 e. The molecular weight excluding hydrogens is 378 g/mol. The number of rotatable bonds is 7. The van der Waals surface area contributed by atoms with E-state index in [0.29, 0.717) is 29.1 Å². The summed E-state index contributed by atoms with van der Waals surface area (Å²) in [7, 11) is -1.36. The third-order valence-corrected chi connectivity index (χ3v) is 4.70. The molecule has 1 atom stereocenters. The number of aliphatic imine (C=N–C) groups is 1. The summed E-state index contributed by atoms with van der Waals surface area (Å²) in [4.78, 5) is 8.42. The fourth-order valence-corrected chi connectivity index (χ4v) is 3.09. The highest BCUT2D eigenvalue weighted by Gasteiger charge is 2.12. The van der Waals surface area contributed by atoms with Crippen LogP contribution in [0.3, 0.4) is 0 Å². The number of guanidine groups is 1. The molecule has 0 bridgehead atoms. The smallest absolute Gasteiger partial charge is 0.246 e. The zero-order valence-corrected chi connectivity index (χ0v) is 16.4. The molecule has 1 aromatic heterocycles. The van der Waals surface area contributed by atoms with Crippen LogP contribution in [0, 0.1) is 0 Å². The number of sulfone groups is 1. The Balaban J connectivity index is 1.89. The van der Waals surface area contributed by atoms with Crippen LogP contribution in [-0.2, 0) is 16.4 Å². The third-order valence-electron chi connectivity index (χ3n) is 3.49. The normalized spacial score (nSPS) is 13.5. The van der Waals surface area contributed by atoms with Crippen LogP contribution in [0.2, 0.25) is 5.02 Å². The van der Waals surface area contributed by atoms with Gasteiger partial charge in [-0.25, -0.2) is 8.42 Å². The van der Waals surface area contributed by atoms with E-state index in [0.717, 1.165) is 5.56 Å². The molecule has 142 valence electrons. The van der Waals surface area contributed by atoms with Crippen LogP contribution in [0.5, 0.6) is 0 Å². The van der Waals surface area contributed by atoms with Crippen molar-refractivity contribution in [3.63, 3.8) is 0 Å². The van der Waals surface area contributed by atoms with E-state index in [1.54, 1.807) is 19.2 Å². The molecular formula is C16H22ClN5O3S. The minimum absolute atomic E-state index is 0.0550. The number of halogens is 1. The molecule has 0 fully saturated rings. The van der Waals surface area contributed by atoms with E-state index in [4.69, 9.17) is 16.1 Å². The Bertz CT molecular complexity index is 866. The number of hydrogen-bond donors (Lipinski definition) is 2. The second-order valence-electron chi connectivity index (χ2n) is 5.91. The molecule has 0 radical (unpaired) electrons. The zero-order valence-electron chi connectivity index (χ0n) is 14.9. The molecule has 8 nitrogen and oxygen atoms in total. The van der Waals surface area contributed by atoms with Crippen LogP contribution >= 0.6 is 11.6 Å². The Morgan fingerprint density at radius 2 is 2.19 bits per heavy atom. The summed E-state index contributed by atoms with van der Waals surface area (Å²) in [6, 6.07) is 7.13. The Kier molecular flexibility index (Phi) is 6.98. The first-order chi connectivity index (χ1) is 12.3. The molecule has 0 spiro atoms. The fourth-order valence-electron chi connectivity index (χ4n) is 2.12. The molecule has 1 heterocycles. The predicted octanol–water partition coefficient (Wildman–Crippen LogP) is 1.88. The molecule has 0 aliphatic rings. The summed E-state index contributed by atoms with van der Waals surface area (Å²) < 4.78 is 27.7. The van der Waals surface area contributed by atoms with Crippen molar-refractivity contribution < 1.29 is 12.9 Å². The molecule has 10 heteroatoms. The number of aromatic nitrogens is 2. The molecule has 0 saturated carbocycles. The SMILES string of the molecule is CN=C(NCc1nc(-c2cccc(Cl)c2)no1)NC(C)CCS(C)(=O)=O. The van der Waals surface area contributed by atoms with E-state index in [9.17, 15) is 8.42 Å². The van der Waals surface area contributed by atoms with Gasteiger partial charge in [0.25, 0.3) is 0 Å². The topological polar surface area (TPSA) is 109 Å². The first-order valence-corrected chi connectivity index (χ1v) is 10.4. The monoisotopic (exact) mass is 399 g/mol. The fraction of sp³-hybridized carbons (Fsp3) is 0.438. The lowest BCUT2D eigenvalue weighted by Gasteiger charge is -2.16. The van der Waals surface area contributed by atoms with E-state index >= 15 is 0 Å². The minimum atomic E-state index is -2.99. The second-order valence-corrected chi connectivity index (χ2v) is 8.61. The van der Waals surface area contributed by atoms with Gasteiger partial charge >= 0.3 is 0 Å². The van der Waals surface area contributed by atoms with Crippen LogP contribution < -0.4 is 10.6 Å². The number of nitrogens with zero attached hydrogens (tertiary/aromatic N) is 3. The Morgan fingerprint density at radius 1 is 1.42 bits per heavy atom. The van der Waals surface area contributed by atoms with Gasteiger partial charge in [-0.1, -0.05) is 28.9 Å². The molecule has 0 aliphatic carbocycles. The van der Waals surface area contributed by atoms with Gasteiger partial charge in [0.15, 0.2) is 5.96 Å². The van der Waals surface area contributed by atoms with Gasteiger partial charge < -0.3 is 15.2 Å². The maximum atomic E-state index is 11.2. The minimum Gasteiger partial charge on any atom is -0.354 e. The molecule has 0 saturated heterocycles. The summed E-state index contributed by atoms with van der Waals surface area (Å²) in [5.41, 5.74) is 0.768. The van der Waals surface area contributed by atoms with Crippen molar-refractivity contribution in [2.75, 3.05) is 19.1 Å². The van der Waals surface area contributed by atoms with Gasteiger partial charge in [0.2, 0.25) is 11.7 Å². The van der Waals surface area contributed by atoms with E-state index in [-0.39, 0.29) is 18.3 Å². The van der Waals surface area contributed by atoms with Gasteiger partial charge in [0.1, 0.15) is 9.84 Å². The summed E-state index contributed by atoms with van der Waals surface area (Å²) in [5, 5.41) is 10.7. The molecule has 0 aliphatic heterocycles. The van der Waals surface area contributed by atoms with Crippen molar-refractivity contribution in [3.8, 4) is 11.4 Å². The highest BCUT2D eigenvalue weighted by Crippen LogP contribution is 2.19. The van der Waals surface area contributed by atoms with Crippen molar-refractivity contribution in [1.29, 1.82) is 0 Å². The highest BCUT2D eigenvalue weighted by molar-refractivity contribution is 7.90. The van der Waals surface area contributed by atoms with E-state index in [1.165, 1.54) is 6.26 Å². The lowest BCUT2D eigenvalue weighted by Crippen LogP contribution is -2.42. The molecule has 1 aromatic carbocycles. The quantitative estimate of drug-likeness (QED) is 0.540. The first-order valence-electron chi connectivity index (χ1n) is 8.00. The average molecular weight is 400 g/mol. The molecule has 2 rings (SSSR count). The van der Waals surface area contributed by atoms with Crippen LogP contribution in [0.15, 0.2) is 33.8 Å². The highest BCUT2D eigenvalue weighted by atomic mass is 35.5. The molecule has 2 aromatic rings. The Morgan fingerprint density at radius 3 is 2.85 bits per heavy atom. The van der Waals surface area contributed by atoms with Crippen molar-refractivity contribution in [1.82, 2.24) is 20.8 Å². The lowest BCUT2D eigenvalue weighted by atomic mass is 10.2. The summed E-state index contributed by atoms with van der Waals surface area (Å²) >= 11 is 5.97. The van der Waals surface area contributed by atoms with Gasteiger partial charge in [-0.2, -0.15) is 4.98 Å². The Labute approximate surface area is 158 Å². The van der Waals surface area contributed by atoms with Crippen molar-refractivity contribution in [2.24, 2.45) is 4.99 Å². The third kappa shape index (κ3) is 6.64. The van der Waals surface area contributed by atoms with Crippen molar-refractivity contribution in [2.45, 2.75) is 25.9 Å². The van der Waals surface area contributed by atoms with E-state index < -0.39 is 9.84 Å². The van der Waals surface area contributed by atoms with Gasteiger partial charge in [0, 0.05) is 29.9 Å². The summed E-state index contributed by atoms with van der Waals surface area (Å²) in [6.07, 6.45) is 1.71. The predicted molar refractivity (Wildman–Crippen MR) is 102 cm³/mol. The van der Waals surface area contributed by atoms with E-state index in [1.807, 2.05) is 19.1 Å². The van der Waals surface area contributed by atoms with Crippen molar-refractivity contribution in [3.05, 3.63) is 35.2 Å². The van der Waals surface area contributed by atoms with Crippen LogP contribution in [0.25, 0.3) is 11.4 Å². The lowest BCUT2D eigenvalue weighted by molar-refractivity contribution is 0.375. The van der Waals surface area contributed by atoms with Crippen LogP contribution in [0.1, 0.15) is 19.2 Å². The molecule has 2 N–H and O–H groups in total. The second kappa shape index (κ2) is 9.00. The van der Waals surface area contributed by atoms with Gasteiger partial charge in [-0.3, -0.25) is 4.99 Å². The maximum absolute atomic E-state index is 11.2. The number of benzene rings is 1. The molecule has 26 heavy (non-hydrogen) atoms. The molecule has 1 unspecified atom stereocenters. The first kappa shape index (κ1) is 20.2. The van der Waals surface area contributed by atoms with E-state index in [2.05, 4.69) is 25.8 Å². The Hall–Kier alpha value is -2.13. The standard InChI is InChI=1S/C16H22ClN5O3S/c1-11(7-8-26(3,23)24)20-16(18-2)19-10-14-21-15(22-25-14)12-5-4-6-13(17)9-12/h4-6,9,11H,7-8,10H2,1-3H3,(H2,18,19,20). The number of hydrogen-bond acceptors (Lipinski definition) is 6. The van der Waals surface area contributed by atoms with Gasteiger partial charge in [-0.15, -0.1) is 0 Å². The van der Waals surface area contributed by atoms with Crippen molar-refractivity contribution >= 4 is 27.4 Å². The molecule has 0 amide bonds. The van der Waals surface area contributed by atoms with Gasteiger partial charge in [0.05, 0.1) is 12.3 Å². The number of nitrogens with one attached hydrogen (secondary N) is 2. The summed E-state index contributed by atoms with van der Waals surface area (Å²) in [5.74, 6) is 1.49. The maximum Gasteiger partial charge on any atom is 0.246 e. The average Bonchev–Trinajstić information content (AvgIpc) is 3.05. The van der Waals surface area contributed by atoms with Crippen LogP contribution in [0.4, 0.5) is 0 Å². The van der Waals surface area contributed by atoms with Gasteiger partial charge in [-0.05, 0) is 25.5 Å². The zero-order chi connectivity index (χ0) is 19.2. The summed E-state index contributed by atoms with van der Waals surface area (Å²) in [6.45, 7) is 2.17.